The van der Waals surface area contributed by atoms with Gasteiger partial charge in [-0.3, -0.25) is 4.79 Å². The van der Waals surface area contributed by atoms with Crippen LogP contribution >= 0.6 is 0 Å². The van der Waals surface area contributed by atoms with E-state index in [1.54, 1.807) is 0 Å². The molecule has 6 heteroatoms. The van der Waals surface area contributed by atoms with Crippen molar-refractivity contribution < 1.29 is 23.4 Å². The molecule has 2 N–H and O–H groups in total. The van der Waals surface area contributed by atoms with E-state index in [1.807, 2.05) is 13.8 Å². The number of hydrogen-bond donors (Lipinski definition) is 2. The molecule has 1 aromatic rings. The minimum Gasteiger partial charge on any atom is -0.435 e. The van der Waals surface area contributed by atoms with Crippen LogP contribution in [0.4, 0.5) is 8.78 Å². The number of aliphatic hydroxyl groups excluding tert-OH is 1. The number of alkyl halides is 2. The predicted molar refractivity (Wildman–Crippen MR) is 75.1 cm³/mol. The lowest BCUT2D eigenvalue weighted by molar-refractivity contribution is -0.121. The smallest absolute Gasteiger partial charge is 0.387 e. The van der Waals surface area contributed by atoms with E-state index in [0.717, 1.165) is 6.42 Å². The highest BCUT2D eigenvalue weighted by Gasteiger charge is 2.11. The molecule has 1 unspecified atom stereocenters. The van der Waals surface area contributed by atoms with Crippen LogP contribution in [0.15, 0.2) is 24.3 Å². The Morgan fingerprint density at radius 1 is 1.29 bits per heavy atom. The zero-order valence-corrected chi connectivity index (χ0v) is 12.2. The van der Waals surface area contributed by atoms with Crippen LogP contribution in [0.2, 0.25) is 0 Å². The molecule has 1 amide bonds. The molecule has 0 heterocycles. The number of benzene rings is 1. The van der Waals surface area contributed by atoms with Crippen LogP contribution in [-0.2, 0) is 4.79 Å². The minimum atomic E-state index is -2.87. The molecule has 1 aromatic carbocycles. The van der Waals surface area contributed by atoms with Crippen LogP contribution in [0.3, 0.4) is 0 Å². The number of halogens is 2. The molecule has 0 bridgehead atoms. The number of amides is 1. The van der Waals surface area contributed by atoms with Gasteiger partial charge in [-0.25, -0.2) is 0 Å². The Morgan fingerprint density at radius 3 is 2.43 bits per heavy atom. The number of rotatable bonds is 8. The van der Waals surface area contributed by atoms with Crippen molar-refractivity contribution in [3.63, 3.8) is 0 Å². The van der Waals surface area contributed by atoms with Crippen LogP contribution in [0.1, 0.15) is 38.4 Å². The predicted octanol–water partition coefficient (Wildman–Crippen LogP) is 2.87. The fourth-order valence-electron chi connectivity index (χ4n) is 1.71. The maximum atomic E-state index is 12.0. The Balaban J connectivity index is 2.41. The maximum absolute atomic E-state index is 12.0. The Bertz CT molecular complexity index is 435. The molecule has 4 nitrogen and oxygen atoms in total. The molecular weight excluding hydrogens is 280 g/mol. The van der Waals surface area contributed by atoms with Gasteiger partial charge in [-0.2, -0.15) is 8.78 Å². The summed E-state index contributed by atoms with van der Waals surface area (Å²) in [5.41, 5.74) is 0.528. The van der Waals surface area contributed by atoms with Crippen LogP contribution in [0.25, 0.3) is 0 Å². The molecule has 0 radical (unpaired) electrons. The molecule has 118 valence electrons. The van der Waals surface area contributed by atoms with Crippen LogP contribution in [0.5, 0.6) is 5.75 Å². The van der Waals surface area contributed by atoms with Gasteiger partial charge in [0.25, 0.3) is 0 Å². The SMILES string of the molecule is CC(C)CCC(=O)NCC(O)c1ccc(OC(F)F)cc1. The zero-order valence-electron chi connectivity index (χ0n) is 12.2. The lowest BCUT2D eigenvalue weighted by atomic mass is 10.1. The summed E-state index contributed by atoms with van der Waals surface area (Å²) in [5, 5.41) is 12.6. The second-order valence-electron chi connectivity index (χ2n) is 5.20. The second-order valence-corrected chi connectivity index (χ2v) is 5.20. The topological polar surface area (TPSA) is 58.6 Å². The largest absolute Gasteiger partial charge is 0.435 e. The summed E-state index contributed by atoms with van der Waals surface area (Å²) in [6.07, 6.45) is 0.334. The van der Waals surface area contributed by atoms with Crippen molar-refractivity contribution in [1.29, 1.82) is 0 Å². The molecule has 0 aliphatic heterocycles. The second kappa shape index (κ2) is 8.56. The molecule has 0 aromatic heterocycles. The molecule has 21 heavy (non-hydrogen) atoms. The van der Waals surface area contributed by atoms with Crippen molar-refractivity contribution in [2.45, 2.75) is 39.4 Å². The van der Waals surface area contributed by atoms with Gasteiger partial charge in [-0.05, 0) is 30.0 Å². The van der Waals surface area contributed by atoms with Gasteiger partial charge in [0.15, 0.2) is 0 Å². The van der Waals surface area contributed by atoms with E-state index in [-0.39, 0.29) is 18.2 Å². The van der Waals surface area contributed by atoms with Gasteiger partial charge in [-0.1, -0.05) is 26.0 Å². The average molecular weight is 301 g/mol. The van der Waals surface area contributed by atoms with E-state index in [2.05, 4.69) is 10.1 Å². The lowest BCUT2D eigenvalue weighted by Crippen LogP contribution is -2.28. The minimum absolute atomic E-state index is 0.0296. The quantitative estimate of drug-likeness (QED) is 0.776. The fourth-order valence-corrected chi connectivity index (χ4v) is 1.71. The molecule has 0 aliphatic carbocycles. The highest BCUT2D eigenvalue weighted by atomic mass is 19.3. The highest BCUT2D eigenvalue weighted by molar-refractivity contribution is 5.75. The number of aliphatic hydroxyl groups is 1. The first kappa shape index (κ1) is 17.4. The van der Waals surface area contributed by atoms with Gasteiger partial charge in [0, 0.05) is 13.0 Å². The standard InChI is InChI=1S/C15H21F2NO3/c1-10(2)3-8-14(20)18-9-13(19)11-4-6-12(7-5-11)21-15(16)17/h4-7,10,13,15,19H,3,8-9H2,1-2H3,(H,18,20). The summed E-state index contributed by atoms with van der Waals surface area (Å²) in [7, 11) is 0. The molecule has 0 saturated carbocycles. The van der Waals surface area contributed by atoms with Crippen molar-refractivity contribution >= 4 is 5.91 Å². The lowest BCUT2D eigenvalue weighted by Gasteiger charge is -2.13. The van der Waals surface area contributed by atoms with E-state index < -0.39 is 12.7 Å². The van der Waals surface area contributed by atoms with Crippen molar-refractivity contribution in [2.75, 3.05) is 6.54 Å². The van der Waals surface area contributed by atoms with Crippen molar-refractivity contribution in [3.8, 4) is 5.75 Å². The Kier molecular flexibility index (Phi) is 7.08. The normalized spacial score (nSPS) is 12.5. The Hall–Kier alpha value is -1.69. The van der Waals surface area contributed by atoms with E-state index in [1.165, 1.54) is 24.3 Å². The first-order chi connectivity index (χ1) is 9.88. The summed E-state index contributed by atoms with van der Waals surface area (Å²) in [6, 6.07) is 5.68. The summed E-state index contributed by atoms with van der Waals surface area (Å²) in [6.45, 7) is 1.28. The van der Waals surface area contributed by atoms with Crippen LogP contribution in [0, 0.1) is 5.92 Å². The van der Waals surface area contributed by atoms with Crippen molar-refractivity contribution in [3.05, 3.63) is 29.8 Å². The maximum Gasteiger partial charge on any atom is 0.387 e. The van der Waals surface area contributed by atoms with E-state index in [9.17, 15) is 18.7 Å². The number of ether oxygens (including phenoxy) is 1. The molecule has 0 fully saturated rings. The van der Waals surface area contributed by atoms with Gasteiger partial charge >= 0.3 is 6.61 Å². The summed E-state index contributed by atoms with van der Waals surface area (Å²) < 4.78 is 28.2. The van der Waals surface area contributed by atoms with Gasteiger partial charge in [-0.15, -0.1) is 0 Å². The number of carbonyl (C=O) groups is 1. The van der Waals surface area contributed by atoms with Gasteiger partial charge in [0.1, 0.15) is 5.75 Å². The highest BCUT2D eigenvalue weighted by Crippen LogP contribution is 2.19. The fraction of sp³-hybridized carbons (Fsp3) is 0.533. The summed E-state index contributed by atoms with van der Waals surface area (Å²) in [5.74, 6) is 0.366. The van der Waals surface area contributed by atoms with E-state index in [0.29, 0.717) is 17.9 Å². The zero-order chi connectivity index (χ0) is 15.8. The Labute approximate surface area is 123 Å². The van der Waals surface area contributed by atoms with Gasteiger partial charge < -0.3 is 15.2 Å². The first-order valence-corrected chi connectivity index (χ1v) is 6.88. The van der Waals surface area contributed by atoms with Crippen LogP contribution in [-0.4, -0.2) is 24.2 Å². The third-order valence-electron chi connectivity index (χ3n) is 2.93. The van der Waals surface area contributed by atoms with Gasteiger partial charge in [0.2, 0.25) is 5.91 Å². The van der Waals surface area contributed by atoms with Gasteiger partial charge in [0.05, 0.1) is 6.10 Å². The average Bonchev–Trinajstić information content (AvgIpc) is 2.42. The molecule has 1 atom stereocenters. The number of hydrogen-bond acceptors (Lipinski definition) is 3. The van der Waals surface area contributed by atoms with Crippen molar-refractivity contribution in [2.24, 2.45) is 5.92 Å². The third kappa shape index (κ3) is 7.04. The van der Waals surface area contributed by atoms with E-state index in [4.69, 9.17) is 0 Å². The Morgan fingerprint density at radius 2 is 1.90 bits per heavy atom. The third-order valence-corrected chi connectivity index (χ3v) is 2.93. The monoisotopic (exact) mass is 301 g/mol. The van der Waals surface area contributed by atoms with Crippen LogP contribution < -0.4 is 10.1 Å². The molecular formula is C15H21F2NO3. The summed E-state index contributed by atoms with van der Waals surface area (Å²) >= 11 is 0. The summed E-state index contributed by atoms with van der Waals surface area (Å²) in [4.78, 5) is 11.5. The van der Waals surface area contributed by atoms with Crippen molar-refractivity contribution in [1.82, 2.24) is 5.32 Å². The molecule has 0 aliphatic rings. The number of nitrogens with one attached hydrogen (secondary N) is 1. The first-order valence-electron chi connectivity index (χ1n) is 6.88. The van der Waals surface area contributed by atoms with E-state index >= 15 is 0 Å². The number of carbonyl (C=O) groups excluding carboxylic acids is 1. The molecule has 0 saturated heterocycles. The molecule has 0 spiro atoms. The molecule has 1 rings (SSSR count).